The molecule has 0 aromatic rings. The van der Waals surface area contributed by atoms with E-state index in [2.05, 4.69) is 26.0 Å². The van der Waals surface area contributed by atoms with Gasteiger partial charge in [-0.2, -0.15) is 0 Å². The van der Waals surface area contributed by atoms with Crippen molar-refractivity contribution in [1.29, 1.82) is 0 Å². The van der Waals surface area contributed by atoms with Crippen LogP contribution in [0.25, 0.3) is 0 Å². The van der Waals surface area contributed by atoms with Crippen molar-refractivity contribution in [2.75, 3.05) is 7.11 Å². The number of ether oxygens (including phenoxy) is 1. The maximum atomic E-state index is 5.15. The Balaban J connectivity index is 2.54. The van der Waals surface area contributed by atoms with Crippen LogP contribution in [0.15, 0.2) is 24.0 Å². The van der Waals surface area contributed by atoms with Crippen molar-refractivity contribution in [3.8, 4) is 0 Å². The Morgan fingerprint density at radius 3 is 3.07 bits per heavy atom. The highest BCUT2D eigenvalue weighted by atomic mass is 16.5. The Labute approximate surface area is 87.8 Å². The van der Waals surface area contributed by atoms with E-state index in [9.17, 15) is 0 Å². The summed E-state index contributed by atoms with van der Waals surface area (Å²) < 4.78 is 5.15. The van der Waals surface area contributed by atoms with Gasteiger partial charge in [0.25, 0.3) is 0 Å². The van der Waals surface area contributed by atoms with Crippen molar-refractivity contribution in [3.63, 3.8) is 0 Å². The van der Waals surface area contributed by atoms with E-state index >= 15 is 0 Å². The second-order valence-electron chi connectivity index (χ2n) is 3.96. The monoisotopic (exact) mass is 193 g/mol. The SMILES string of the molecule is C=C(C[C@@H]1CCCCC1=C[CH+]C)OC. The Bertz CT molecular complexity index is 215. The van der Waals surface area contributed by atoms with Crippen LogP contribution in [0.5, 0.6) is 0 Å². The van der Waals surface area contributed by atoms with Crippen LogP contribution in [0.1, 0.15) is 39.0 Å². The standard InChI is InChI=1S/C13H21O/c1-4-7-12-8-5-6-9-13(12)10-11(2)14-3/h4,7,13H,2,5-6,8-10H2,1,3H3/q+1/t13-/m0/s1. The summed E-state index contributed by atoms with van der Waals surface area (Å²) in [4.78, 5) is 0. The summed E-state index contributed by atoms with van der Waals surface area (Å²) in [6, 6.07) is 0. The molecule has 0 aromatic carbocycles. The van der Waals surface area contributed by atoms with E-state index in [1.54, 1.807) is 12.7 Å². The van der Waals surface area contributed by atoms with Crippen LogP contribution in [0.4, 0.5) is 0 Å². The molecular weight excluding hydrogens is 172 g/mol. The van der Waals surface area contributed by atoms with Crippen molar-refractivity contribution in [1.82, 2.24) is 0 Å². The van der Waals surface area contributed by atoms with Crippen LogP contribution >= 0.6 is 0 Å². The quantitative estimate of drug-likeness (QED) is 0.486. The van der Waals surface area contributed by atoms with Gasteiger partial charge >= 0.3 is 0 Å². The minimum atomic E-state index is 0.674. The van der Waals surface area contributed by atoms with Crippen molar-refractivity contribution in [2.45, 2.75) is 39.0 Å². The van der Waals surface area contributed by atoms with E-state index in [1.165, 1.54) is 25.7 Å². The van der Waals surface area contributed by atoms with Gasteiger partial charge in [-0.05, 0) is 19.3 Å². The summed E-state index contributed by atoms with van der Waals surface area (Å²) in [5, 5.41) is 0. The molecule has 0 N–H and O–H groups in total. The molecule has 0 heterocycles. The predicted molar refractivity (Wildman–Crippen MR) is 60.8 cm³/mol. The lowest BCUT2D eigenvalue weighted by atomic mass is 9.81. The summed E-state index contributed by atoms with van der Waals surface area (Å²) in [6.45, 7) is 5.99. The molecule has 1 atom stereocenters. The first-order chi connectivity index (χ1) is 6.77. The van der Waals surface area contributed by atoms with Gasteiger partial charge in [0.15, 0.2) is 0 Å². The van der Waals surface area contributed by atoms with E-state index < -0.39 is 0 Å². The fourth-order valence-corrected chi connectivity index (χ4v) is 2.13. The fraction of sp³-hybridized carbons (Fsp3) is 0.615. The van der Waals surface area contributed by atoms with Crippen LogP contribution in [0.3, 0.4) is 0 Å². The van der Waals surface area contributed by atoms with Gasteiger partial charge in [0, 0.05) is 26.2 Å². The minimum Gasteiger partial charge on any atom is -0.502 e. The second-order valence-corrected chi connectivity index (χ2v) is 3.96. The van der Waals surface area contributed by atoms with Gasteiger partial charge < -0.3 is 4.74 Å². The third-order valence-corrected chi connectivity index (χ3v) is 2.94. The third-order valence-electron chi connectivity index (χ3n) is 2.94. The zero-order chi connectivity index (χ0) is 10.4. The molecule has 1 heteroatoms. The molecule has 0 aliphatic heterocycles. The van der Waals surface area contributed by atoms with Crippen LogP contribution in [0.2, 0.25) is 0 Å². The summed E-state index contributed by atoms with van der Waals surface area (Å²) >= 11 is 0. The maximum Gasteiger partial charge on any atom is 0.0921 e. The summed E-state index contributed by atoms with van der Waals surface area (Å²) in [6.07, 6.45) is 10.7. The first-order valence-corrected chi connectivity index (χ1v) is 5.48. The molecule has 0 spiro atoms. The molecule has 1 rings (SSSR count). The van der Waals surface area contributed by atoms with E-state index in [4.69, 9.17) is 4.74 Å². The molecule has 78 valence electrons. The van der Waals surface area contributed by atoms with Gasteiger partial charge in [-0.15, -0.1) is 0 Å². The normalized spacial score (nSPS) is 24.7. The highest BCUT2D eigenvalue weighted by Gasteiger charge is 2.25. The van der Waals surface area contributed by atoms with Crippen LogP contribution in [-0.2, 0) is 4.74 Å². The van der Waals surface area contributed by atoms with Crippen LogP contribution in [0, 0.1) is 12.3 Å². The van der Waals surface area contributed by atoms with Crippen LogP contribution < -0.4 is 0 Å². The lowest BCUT2D eigenvalue weighted by molar-refractivity contribution is 0.259. The Morgan fingerprint density at radius 1 is 1.64 bits per heavy atom. The number of hydrogen-bond acceptors (Lipinski definition) is 1. The Kier molecular flexibility index (Phi) is 4.64. The number of allylic oxidation sites excluding steroid dienone is 3. The van der Waals surface area contributed by atoms with Crippen molar-refractivity contribution < 1.29 is 4.74 Å². The highest BCUT2D eigenvalue weighted by molar-refractivity contribution is 5.15. The molecule has 14 heavy (non-hydrogen) atoms. The molecule has 0 unspecified atom stereocenters. The molecule has 1 aliphatic rings. The molecule has 1 aliphatic carbocycles. The van der Waals surface area contributed by atoms with E-state index in [0.29, 0.717) is 5.92 Å². The van der Waals surface area contributed by atoms with Gasteiger partial charge in [0.1, 0.15) is 0 Å². The number of hydrogen-bond donors (Lipinski definition) is 0. The molecule has 0 aromatic heterocycles. The molecule has 0 amide bonds. The van der Waals surface area contributed by atoms with Gasteiger partial charge in [0.2, 0.25) is 0 Å². The summed E-state index contributed by atoms with van der Waals surface area (Å²) in [5.74, 6) is 1.59. The van der Waals surface area contributed by atoms with Crippen molar-refractivity contribution in [2.24, 2.45) is 5.92 Å². The molecule has 1 saturated carbocycles. The lowest BCUT2D eigenvalue weighted by Crippen LogP contribution is -2.11. The van der Waals surface area contributed by atoms with E-state index in [1.807, 2.05) is 0 Å². The molecule has 0 radical (unpaired) electrons. The van der Waals surface area contributed by atoms with Crippen molar-refractivity contribution >= 4 is 0 Å². The van der Waals surface area contributed by atoms with E-state index in [-0.39, 0.29) is 0 Å². The molecule has 1 nitrogen and oxygen atoms in total. The fourth-order valence-electron chi connectivity index (χ4n) is 2.13. The molecule has 0 bridgehead atoms. The third kappa shape index (κ3) is 3.13. The first-order valence-electron chi connectivity index (χ1n) is 5.48. The Morgan fingerprint density at radius 2 is 2.43 bits per heavy atom. The first kappa shape index (κ1) is 11.2. The largest absolute Gasteiger partial charge is 0.502 e. The van der Waals surface area contributed by atoms with Gasteiger partial charge in [0.05, 0.1) is 30.4 Å². The zero-order valence-corrected chi connectivity index (χ0v) is 9.38. The van der Waals surface area contributed by atoms with Gasteiger partial charge in [-0.25, -0.2) is 0 Å². The molecule has 0 saturated heterocycles. The highest BCUT2D eigenvalue weighted by Crippen LogP contribution is 2.33. The average Bonchev–Trinajstić information content (AvgIpc) is 2.21. The van der Waals surface area contributed by atoms with E-state index in [0.717, 1.165) is 12.2 Å². The van der Waals surface area contributed by atoms with Crippen LogP contribution in [-0.4, -0.2) is 7.11 Å². The smallest absolute Gasteiger partial charge is 0.0921 e. The van der Waals surface area contributed by atoms with Gasteiger partial charge in [-0.3, -0.25) is 0 Å². The minimum absolute atomic E-state index is 0.674. The Hall–Kier alpha value is -0.850. The lowest BCUT2D eigenvalue weighted by Gasteiger charge is -2.20. The van der Waals surface area contributed by atoms with Gasteiger partial charge in [-0.1, -0.05) is 6.58 Å². The zero-order valence-electron chi connectivity index (χ0n) is 9.38. The molecule has 1 fully saturated rings. The maximum absolute atomic E-state index is 5.15. The topological polar surface area (TPSA) is 9.23 Å². The molecular formula is C13H21O+. The average molecular weight is 193 g/mol. The number of rotatable bonds is 4. The second kappa shape index (κ2) is 5.79. The summed E-state index contributed by atoms with van der Waals surface area (Å²) in [7, 11) is 1.71. The van der Waals surface area contributed by atoms with Crippen molar-refractivity contribution in [3.05, 3.63) is 30.4 Å². The summed E-state index contributed by atoms with van der Waals surface area (Å²) in [5.41, 5.74) is 1.58. The number of methoxy groups -OCH3 is 1. The predicted octanol–water partition coefficient (Wildman–Crippen LogP) is 3.88.